The van der Waals surface area contributed by atoms with Gasteiger partial charge in [-0.15, -0.1) is 0 Å². The highest BCUT2D eigenvalue weighted by Crippen LogP contribution is 2.19. The van der Waals surface area contributed by atoms with Gasteiger partial charge in [-0.05, 0) is 30.5 Å². The maximum atomic E-state index is 12.0. The van der Waals surface area contributed by atoms with Crippen LogP contribution in [0.3, 0.4) is 0 Å². The number of hydrogen-bond donors (Lipinski definition) is 2. The van der Waals surface area contributed by atoms with Crippen molar-refractivity contribution in [3.05, 3.63) is 29.8 Å². The van der Waals surface area contributed by atoms with E-state index in [-0.39, 0.29) is 18.1 Å². The lowest BCUT2D eigenvalue weighted by Crippen LogP contribution is -2.41. The van der Waals surface area contributed by atoms with Gasteiger partial charge in [0.25, 0.3) is 0 Å². The summed E-state index contributed by atoms with van der Waals surface area (Å²) in [4.78, 5) is 24.4. The fourth-order valence-electron chi connectivity index (χ4n) is 2.21. The van der Waals surface area contributed by atoms with Crippen molar-refractivity contribution in [2.45, 2.75) is 25.3 Å². The molecule has 0 aromatic heterocycles. The summed E-state index contributed by atoms with van der Waals surface area (Å²) in [7, 11) is 0. The zero-order chi connectivity index (χ0) is 13.1. The molecule has 5 heteroatoms. The molecule has 1 heterocycles. The molecule has 0 aliphatic carbocycles. The van der Waals surface area contributed by atoms with Crippen molar-refractivity contribution in [1.82, 2.24) is 4.90 Å². The normalized spacial score (nSPS) is 18.9. The van der Waals surface area contributed by atoms with Crippen LogP contribution >= 0.6 is 0 Å². The van der Waals surface area contributed by atoms with Crippen molar-refractivity contribution in [3.63, 3.8) is 0 Å². The minimum Gasteiger partial charge on any atom is -0.508 e. The fourth-order valence-corrected chi connectivity index (χ4v) is 2.21. The van der Waals surface area contributed by atoms with Crippen molar-refractivity contribution in [2.75, 3.05) is 6.54 Å². The number of aromatic hydroxyl groups is 1. The second-order valence-electron chi connectivity index (χ2n) is 4.43. The molecule has 5 nitrogen and oxygen atoms in total. The van der Waals surface area contributed by atoms with Gasteiger partial charge in [-0.1, -0.05) is 12.1 Å². The molecule has 1 amide bonds. The second kappa shape index (κ2) is 5.08. The molecule has 1 aliphatic heterocycles. The van der Waals surface area contributed by atoms with Crippen molar-refractivity contribution in [1.29, 1.82) is 0 Å². The van der Waals surface area contributed by atoms with Crippen LogP contribution < -0.4 is 0 Å². The summed E-state index contributed by atoms with van der Waals surface area (Å²) in [5.41, 5.74) is 0.772. The molecule has 96 valence electrons. The van der Waals surface area contributed by atoms with Crippen molar-refractivity contribution in [2.24, 2.45) is 0 Å². The fraction of sp³-hybridized carbons (Fsp3) is 0.385. The summed E-state index contributed by atoms with van der Waals surface area (Å²) < 4.78 is 0. The lowest BCUT2D eigenvalue weighted by atomic mass is 10.1. The molecule has 1 atom stereocenters. The highest BCUT2D eigenvalue weighted by molar-refractivity contribution is 5.85. The van der Waals surface area contributed by atoms with E-state index in [1.807, 2.05) is 0 Å². The summed E-state index contributed by atoms with van der Waals surface area (Å²) in [5.74, 6) is -0.965. The van der Waals surface area contributed by atoms with Gasteiger partial charge < -0.3 is 15.1 Å². The Morgan fingerprint density at radius 1 is 1.28 bits per heavy atom. The first kappa shape index (κ1) is 12.4. The zero-order valence-corrected chi connectivity index (χ0v) is 9.87. The van der Waals surface area contributed by atoms with Gasteiger partial charge in [-0.2, -0.15) is 0 Å². The number of carboxylic acid groups (broad SMARTS) is 1. The van der Waals surface area contributed by atoms with Gasteiger partial charge in [-0.25, -0.2) is 4.79 Å². The number of amides is 1. The van der Waals surface area contributed by atoms with Gasteiger partial charge >= 0.3 is 5.97 Å². The molecule has 0 radical (unpaired) electrons. The number of aliphatic carboxylic acids is 1. The second-order valence-corrected chi connectivity index (χ2v) is 4.43. The Morgan fingerprint density at radius 2 is 1.94 bits per heavy atom. The quantitative estimate of drug-likeness (QED) is 0.838. The number of phenols is 1. The summed E-state index contributed by atoms with van der Waals surface area (Å²) in [6.07, 6.45) is 1.43. The molecule has 1 aromatic rings. The summed E-state index contributed by atoms with van der Waals surface area (Å²) in [5, 5.41) is 18.2. The molecule has 2 rings (SSSR count). The predicted octanol–water partition coefficient (Wildman–Crippen LogP) is 1.01. The molecule has 0 spiro atoms. The number of hydrogen-bond acceptors (Lipinski definition) is 3. The Hall–Kier alpha value is -2.04. The van der Waals surface area contributed by atoms with Crippen LogP contribution in [-0.2, 0) is 16.0 Å². The van der Waals surface area contributed by atoms with Crippen molar-refractivity contribution >= 4 is 11.9 Å². The number of likely N-dealkylation sites (tertiary alicyclic amines) is 1. The molecule has 1 aromatic carbocycles. The van der Waals surface area contributed by atoms with E-state index in [1.54, 1.807) is 12.1 Å². The Bertz CT molecular complexity index is 455. The van der Waals surface area contributed by atoms with Crippen LogP contribution in [0.15, 0.2) is 24.3 Å². The van der Waals surface area contributed by atoms with Crippen LogP contribution in [0, 0.1) is 0 Å². The van der Waals surface area contributed by atoms with Crippen LogP contribution in [0.5, 0.6) is 5.75 Å². The highest BCUT2D eigenvalue weighted by atomic mass is 16.4. The number of carbonyl (C=O) groups is 2. The lowest BCUT2D eigenvalue weighted by molar-refractivity contribution is -0.148. The zero-order valence-electron chi connectivity index (χ0n) is 9.87. The molecule has 0 bridgehead atoms. The number of phenolic OH excluding ortho intramolecular Hbond substituents is 1. The first-order valence-corrected chi connectivity index (χ1v) is 5.88. The Kier molecular flexibility index (Phi) is 3.50. The van der Waals surface area contributed by atoms with Gasteiger partial charge in [0.1, 0.15) is 11.8 Å². The number of nitrogens with zero attached hydrogens (tertiary/aromatic N) is 1. The molecule has 1 aliphatic rings. The third-order valence-corrected chi connectivity index (χ3v) is 3.15. The van der Waals surface area contributed by atoms with E-state index in [0.29, 0.717) is 13.0 Å². The van der Waals surface area contributed by atoms with Gasteiger partial charge in [0.05, 0.1) is 6.42 Å². The molecular formula is C13H15NO4. The van der Waals surface area contributed by atoms with E-state index >= 15 is 0 Å². The van der Waals surface area contributed by atoms with E-state index in [0.717, 1.165) is 12.0 Å². The van der Waals surface area contributed by atoms with Crippen LogP contribution in [0.25, 0.3) is 0 Å². The summed E-state index contributed by atoms with van der Waals surface area (Å²) in [6.45, 7) is 0.508. The minimum absolute atomic E-state index is 0.149. The van der Waals surface area contributed by atoms with E-state index in [1.165, 1.54) is 17.0 Å². The highest BCUT2D eigenvalue weighted by Gasteiger charge is 2.33. The minimum atomic E-state index is -0.938. The summed E-state index contributed by atoms with van der Waals surface area (Å²) >= 11 is 0. The molecule has 0 unspecified atom stereocenters. The van der Waals surface area contributed by atoms with Gasteiger partial charge in [-0.3, -0.25) is 4.79 Å². The van der Waals surface area contributed by atoms with Gasteiger partial charge in [0, 0.05) is 6.54 Å². The maximum Gasteiger partial charge on any atom is 0.326 e. The van der Waals surface area contributed by atoms with E-state index < -0.39 is 12.0 Å². The SMILES string of the molecule is O=C(O)[C@H]1CCCN1C(=O)Cc1ccc(O)cc1. The number of benzene rings is 1. The lowest BCUT2D eigenvalue weighted by Gasteiger charge is -2.21. The first-order chi connectivity index (χ1) is 8.58. The average molecular weight is 249 g/mol. The first-order valence-electron chi connectivity index (χ1n) is 5.88. The standard InChI is InChI=1S/C13H15NO4/c15-10-5-3-9(4-6-10)8-12(16)14-7-1-2-11(14)13(17)18/h3-6,11,15H,1-2,7-8H2,(H,17,18)/t11-/m1/s1. The van der Waals surface area contributed by atoms with E-state index in [4.69, 9.17) is 10.2 Å². The monoisotopic (exact) mass is 249 g/mol. The van der Waals surface area contributed by atoms with Crippen LogP contribution in [-0.4, -0.2) is 39.6 Å². The maximum absolute atomic E-state index is 12.0. The Balaban J connectivity index is 2.03. The molecule has 18 heavy (non-hydrogen) atoms. The van der Waals surface area contributed by atoms with Crippen molar-refractivity contribution in [3.8, 4) is 5.75 Å². The molecule has 1 saturated heterocycles. The number of carboxylic acids is 1. The third-order valence-electron chi connectivity index (χ3n) is 3.15. The number of rotatable bonds is 3. The van der Waals surface area contributed by atoms with Crippen LogP contribution in [0.2, 0.25) is 0 Å². The molecule has 1 fully saturated rings. The van der Waals surface area contributed by atoms with Gasteiger partial charge in [0.15, 0.2) is 0 Å². The largest absolute Gasteiger partial charge is 0.508 e. The predicted molar refractivity (Wildman–Crippen MR) is 64.2 cm³/mol. The topological polar surface area (TPSA) is 77.8 Å². The molecule has 2 N–H and O–H groups in total. The van der Waals surface area contributed by atoms with Crippen LogP contribution in [0.4, 0.5) is 0 Å². The van der Waals surface area contributed by atoms with Crippen LogP contribution in [0.1, 0.15) is 18.4 Å². The van der Waals surface area contributed by atoms with E-state index in [9.17, 15) is 9.59 Å². The summed E-state index contributed by atoms with van der Waals surface area (Å²) in [6, 6.07) is 5.68. The smallest absolute Gasteiger partial charge is 0.326 e. The average Bonchev–Trinajstić information content (AvgIpc) is 2.81. The van der Waals surface area contributed by atoms with Gasteiger partial charge in [0.2, 0.25) is 5.91 Å². The van der Waals surface area contributed by atoms with Crippen molar-refractivity contribution < 1.29 is 19.8 Å². The van der Waals surface area contributed by atoms with E-state index in [2.05, 4.69) is 0 Å². The Morgan fingerprint density at radius 3 is 2.56 bits per heavy atom. The third kappa shape index (κ3) is 2.61. The Labute approximate surface area is 105 Å². The molecule has 0 saturated carbocycles. The number of carbonyl (C=O) groups excluding carboxylic acids is 1. The molecular weight excluding hydrogens is 234 g/mol.